The maximum atomic E-state index is 5.87. The molecular formula is C16H26N8S. The minimum absolute atomic E-state index is 0.0991. The Labute approximate surface area is 152 Å². The SMILES string of the molecule is Cc1csc(N2CCCN(C(C)c3nc(N)nc(N(C)C)n3)CC2)n1. The lowest BCUT2D eigenvalue weighted by molar-refractivity contribution is 0.218. The van der Waals surface area contributed by atoms with Crippen molar-refractivity contribution >= 4 is 28.4 Å². The molecule has 0 aliphatic carbocycles. The summed E-state index contributed by atoms with van der Waals surface area (Å²) < 4.78 is 0. The maximum Gasteiger partial charge on any atom is 0.229 e. The van der Waals surface area contributed by atoms with Gasteiger partial charge in [-0.1, -0.05) is 0 Å². The quantitative estimate of drug-likeness (QED) is 0.877. The molecule has 136 valence electrons. The van der Waals surface area contributed by atoms with Gasteiger partial charge in [-0.15, -0.1) is 11.3 Å². The van der Waals surface area contributed by atoms with E-state index in [2.05, 4.69) is 42.0 Å². The van der Waals surface area contributed by atoms with Crippen molar-refractivity contribution < 1.29 is 0 Å². The van der Waals surface area contributed by atoms with Gasteiger partial charge in [-0.25, -0.2) is 4.98 Å². The van der Waals surface area contributed by atoms with Crippen LogP contribution in [-0.4, -0.2) is 65.1 Å². The van der Waals surface area contributed by atoms with Gasteiger partial charge in [0.05, 0.1) is 11.7 Å². The first kappa shape index (κ1) is 17.8. The van der Waals surface area contributed by atoms with Crippen LogP contribution in [0.5, 0.6) is 0 Å². The van der Waals surface area contributed by atoms with Gasteiger partial charge < -0.3 is 15.5 Å². The number of aryl methyl sites for hydroxylation is 1. The van der Waals surface area contributed by atoms with Gasteiger partial charge in [0, 0.05) is 45.7 Å². The number of nitrogens with zero attached hydrogens (tertiary/aromatic N) is 7. The number of nitrogens with two attached hydrogens (primary N) is 1. The molecule has 1 aliphatic rings. The number of nitrogen functional groups attached to an aromatic ring is 1. The molecule has 0 amide bonds. The summed E-state index contributed by atoms with van der Waals surface area (Å²) in [4.78, 5) is 24.4. The molecule has 2 N–H and O–H groups in total. The van der Waals surface area contributed by atoms with Gasteiger partial charge in [-0.05, 0) is 20.3 Å². The van der Waals surface area contributed by atoms with Crippen LogP contribution >= 0.6 is 11.3 Å². The van der Waals surface area contributed by atoms with Crippen molar-refractivity contribution in [3.8, 4) is 0 Å². The number of aromatic nitrogens is 4. The summed E-state index contributed by atoms with van der Waals surface area (Å²) in [6.45, 7) is 8.11. The Hall–Kier alpha value is -2.00. The molecule has 0 spiro atoms. The van der Waals surface area contributed by atoms with E-state index in [1.54, 1.807) is 11.3 Å². The molecule has 9 heteroatoms. The van der Waals surface area contributed by atoms with Crippen LogP contribution in [0, 0.1) is 6.92 Å². The Morgan fingerprint density at radius 3 is 2.60 bits per heavy atom. The molecule has 0 radical (unpaired) electrons. The van der Waals surface area contributed by atoms with E-state index < -0.39 is 0 Å². The van der Waals surface area contributed by atoms with E-state index in [-0.39, 0.29) is 12.0 Å². The third-order valence-electron chi connectivity index (χ3n) is 4.39. The van der Waals surface area contributed by atoms with E-state index in [1.165, 1.54) is 0 Å². The fourth-order valence-corrected chi connectivity index (χ4v) is 3.81. The summed E-state index contributed by atoms with van der Waals surface area (Å²) in [5.41, 5.74) is 6.96. The molecule has 3 rings (SSSR count). The Morgan fingerprint density at radius 1 is 1.12 bits per heavy atom. The molecule has 1 aliphatic heterocycles. The molecule has 1 fully saturated rings. The molecule has 1 unspecified atom stereocenters. The molecule has 1 saturated heterocycles. The molecular weight excluding hydrogens is 336 g/mol. The van der Waals surface area contributed by atoms with E-state index in [0.717, 1.165) is 49.2 Å². The predicted octanol–water partition coefficient (Wildman–Crippen LogP) is 1.56. The van der Waals surface area contributed by atoms with Crippen LogP contribution < -0.4 is 15.5 Å². The van der Waals surface area contributed by atoms with Gasteiger partial charge in [0.1, 0.15) is 0 Å². The van der Waals surface area contributed by atoms with E-state index in [1.807, 2.05) is 25.9 Å². The van der Waals surface area contributed by atoms with E-state index in [0.29, 0.717) is 5.95 Å². The first-order valence-electron chi connectivity index (χ1n) is 8.54. The number of rotatable bonds is 4. The van der Waals surface area contributed by atoms with Crippen molar-refractivity contribution in [2.75, 3.05) is 55.8 Å². The lowest BCUT2D eigenvalue weighted by Gasteiger charge is -2.27. The number of anilines is 3. The summed E-state index contributed by atoms with van der Waals surface area (Å²) in [5.74, 6) is 1.61. The third kappa shape index (κ3) is 4.16. The Balaban J connectivity index is 1.72. The zero-order valence-electron chi connectivity index (χ0n) is 15.3. The van der Waals surface area contributed by atoms with Gasteiger partial charge in [0.2, 0.25) is 11.9 Å². The second-order valence-corrected chi connectivity index (χ2v) is 7.41. The normalized spacial score (nSPS) is 17.4. The Bertz CT molecular complexity index is 716. The van der Waals surface area contributed by atoms with E-state index in [4.69, 9.17) is 5.73 Å². The molecule has 25 heavy (non-hydrogen) atoms. The zero-order valence-corrected chi connectivity index (χ0v) is 16.1. The van der Waals surface area contributed by atoms with Crippen LogP contribution in [0.1, 0.15) is 30.9 Å². The van der Waals surface area contributed by atoms with Gasteiger partial charge >= 0.3 is 0 Å². The van der Waals surface area contributed by atoms with Gasteiger partial charge in [0.15, 0.2) is 11.0 Å². The first-order chi connectivity index (χ1) is 11.9. The molecule has 3 heterocycles. The average Bonchev–Trinajstić information content (AvgIpc) is 2.86. The lowest BCUT2D eigenvalue weighted by Crippen LogP contribution is -2.33. The Morgan fingerprint density at radius 2 is 1.92 bits per heavy atom. The third-order valence-corrected chi connectivity index (χ3v) is 5.41. The monoisotopic (exact) mass is 362 g/mol. The number of hydrogen-bond donors (Lipinski definition) is 1. The summed E-state index contributed by atoms with van der Waals surface area (Å²) >= 11 is 1.72. The summed E-state index contributed by atoms with van der Waals surface area (Å²) in [7, 11) is 3.81. The fraction of sp³-hybridized carbons (Fsp3) is 0.625. The molecule has 1 atom stereocenters. The van der Waals surface area contributed by atoms with E-state index in [9.17, 15) is 0 Å². The second kappa shape index (κ2) is 7.49. The van der Waals surface area contributed by atoms with Crippen molar-refractivity contribution in [2.24, 2.45) is 0 Å². The topological polar surface area (TPSA) is 87.3 Å². The molecule has 2 aromatic rings. The first-order valence-corrected chi connectivity index (χ1v) is 9.42. The zero-order chi connectivity index (χ0) is 18.0. The molecule has 2 aromatic heterocycles. The van der Waals surface area contributed by atoms with Crippen LogP contribution in [0.15, 0.2) is 5.38 Å². The summed E-state index contributed by atoms with van der Waals surface area (Å²) in [5, 5.41) is 3.23. The largest absolute Gasteiger partial charge is 0.368 e. The highest BCUT2D eigenvalue weighted by Gasteiger charge is 2.24. The second-order valence-electron chi connectivity index (χ2n) is 6.57. The maximum absolute atomic E-state index is 5.87. The van der Waals surface area contributed by atoms with Gasteiger partial charge in [0.25, 0.3) is 0 Å². The Kier molecular flexibility index (Phi) is 5.33. The van der Waals surface area contributed by atoms with Crippen molar-refractivity contribution in [2.45, 2.75) is 26.3 Å². The van der Waals surface area contributed by atoms with Crippen LogP contribution in [-0.2, 0) is 0 Å². The minimum Gasteiger partial charge on any atom is -0.368 e. The molecule has 0 bridgehead atoms. The van der Waals surface area contributed by atoms with Crippen LogP contribution in [0.25, 0.3) is 0 Å². The van der Waals surface area contributed by atoms with E-state index >= 15 is 0 Å². The highest BCUT2D eigenvalue weighted by atomic mass is 32.1. The smallest absolute Gasteiger partial charge is 0.229 e. The van der Waals surface area contributed by atoms with Gasteiger partial charge in [-0.3, -0.25) is 4.90 Å². The predicted molar refractivity (Wildman–Crippen MR) is 102 cm³/mol. The van der Waals surface area contributed by atoms with Crippen molar-refractivity contribution in [3.63, 3.8) is 0 Å². The minimum atomic E-state index is 0.0991. The fourth-order valence-electron chi connectivity index (χ4n) is 2.95. The van der Waals surface area contributed by atoms with Crippen LogP contribution in [0.3, 0.4) is 0 Å². The molecule has 8 nitrogen and oxygen atoms in total. The van der Waals surface area contributed by atoms with Gasteiger partial charge in [-0.2, -0.15) is 15.0 Å². The van der Waals surface area contributed by atoms with Crippen molar-refractivity contribution in [1.82, 2.24) is 24.8 Å². The molecule has 0 saturated carbocycles. The average molecular weight is 363 g/mol. The number of thiazole rings is 1. The lowest BCUT2D eigenvalue weighted by atomic mass is 10.2. The highest BCUT2D eigenvalue weighted by molar-refractivity contribution is 7.13. The molecule has 0 aromatic carbocycles. The van der Waals surface area contributed by atoms with Crippen LogP contribution in [0.2, 0.25) is 0 Å². The highest BCUT2D eigenvalue weighted by Crippen LogP contribution is 2.24. The standard InChI is InChI=1S/C16H26N8S/c1-11-10-25-16(18-11)24-7-5-6-23(8-9-24)12(2)13-19-14(17)21-15(20-13)22(3)4/h10,12H,5-9H2,1-4H3,(H2,17,19,20,21). The van der Waals surface area contributed by atoms with Crippen molar-refractivity contribution in [1.29, 1.82) is 0 Å². The van der Waals surface area contributed by atoms with Crippen molar-refractivity contribution in [3.05, 3.63) is 16.9 Å². The number of hydrogen-bond acceptors (Lipinski definition) is 9. The summed E-state index contributed by atoms with van der Waals surface area (Å²) in [6, 6.07) is 0.0991. The summed E-state index contributed by atoms with van der Waals surface area (Å²) in [6.07, 6.45) is 1.09. The van der Waals surface area contributed by atoms with Crippen LogP contribution in [0.4, 0.5) is 17.0 Å².